The van der Waals surface area contributed by atoms with E-state index in [1.165, 1.54) is 12.1 Å². The first-order valence-corrected chi connectivity index (χ1v) is 7.26. The topological polar surface area (TPSA) is 29.1 Å². The Morgan fingerprint density at radius 3 is 2.84 bits per heavy atom. The molecule has 0 aliphatic rings. The van der Waals surface area contributed by atoms with Gasteiger partial charge in [-0.15, -0.1) is 11.6 Å². The van der Waals surface area contributed by atoms with Crippen molar-refractivity contribution in [2.24, 2.45) is 5.92 Å². The van der Waals surface area contributed by atoms with Crippen LogP contribution in [-0.4, -0.2) is 18.3 Å². The number of carbonyl (C=O) groups is 1. The number of benzene rings is 1. The van der Waals surface area contributed by atoms with Gasteiger partial charge in [0.1, 0.15) is 5.82 Å². The predicted octanol–water partition coefficient (Wildman–Crippen LogP) is 3.53. The van der Waals surface area contributed by atoms with Crippen LogP contribution >= 0.6 is 11.6 Å². The Hall–Kier alpha value is -1.09. The molecule has 19 heavy (non-hydrogen) atoms. The van der Waals surface area contributed by atoms with Gasteiger partial charge in [0.2, 0.25) is 5.91 Å². The lowest BCUT2D eigenvalue weighted by Crippen LogP contribution is -2.30. The van der Waals surface area contributed by atoms with Crippen molar-refractivity contribution in [3.8, 4) is 0 Å². The largest absolute Gasteiger partial charge is 0.356 e. The SMILES string of the molecule is CCCC(CCCl)CNC(=O)Cc1cccc(F)c1. The summed E-state index contributed by atoms with van der Waals surface area (Å²) in [6.07, 6.45) is 3.28. The molecule has 0 saturated carbocycles. The van der Waals surface area contributed by atoms with E-state index >= 15 is 0 Å². The van der Waals surface area contributed by atoms with E-state index in [2.05, 4.69) is 12.2 Å². The molecule has 2 nitrogen and oxygen atoms in total. The van der Waals surface area contributed by atoms with Crippen LogP contribution in [0.4, 0.5) is 4.39 Å². The fourth-order valence-electron chi connectivity index (χ4n) is 2.06. The van der Waals surface area contributed by atoms with Crippen LogP contribution in [0.2, 0.25) is 0 Å². The fourth-order valence-corrected chi connectivity index (χ4v) is 2.37. The molecule has 0 radical (unpaired) electrons. The molecule has 0 heterocycles. The maximum Gasteiger partial charge on any atom is 0.224 e. The molecule has 0 aliphatic heterocycles. The highest BCUT2D eigenvalue weighted by atomic mass is 35.5. The lowest BCUT2D eigenvalue weighted by atomic mass is 10.0. The Bertz CT molecular complexity index is 391. The van der Waals surface area contributed by atoms with Gasteiger partial charge in [0.25, 0.3) is 0 Å². The van der Waals surface area contributed by atoms with Crippen molar-refractivity contribution >= 4 is 17.5 Å². The standard InChI is InChI=1S/C15H21ClFNO/c1-2-4-12(7-8-16)11-18-15(19)10-13-5-3-6-14(17)9-13/h3,5-6,9,12H,2,4,7-8,10-11H2,1H3,(H,18,19). The summed E-state index contributed by atoms with van der Waals surface area (Å²) in [4.78, 5) is 11.8. The number of amides is 1. The first-order valence-electron chi connectivity index (χ1n) is 6.72. The van der Waals surface area contributed by atoms with Gasteiger partial charge in [-0.2, -0.15) is 0 Å². The summed E-state index contributed by atoms with van der Waals surface area (Å²) in [5, 5.41) is 2.90. The molecule has 1 atom stereocenters. The van der Waals surface area contributed by atoms with Crippen LogP contribution in [-0.2, 0) is 11.2 Å². The van der Waals surface area contributed by atoms with Crippen LogP contribution in [0.25, 0.3) is 0 Å². The van der Waals surface area contributed by atoms with Gasteiger partial charge in [-0.25, -0.2) is 4.39 Å². The second-order valence-corrected chi connectivity index (χ2v) is 5.12. The summed E-state index contributed by atoms with van der Waals surface area (Å²) in [6, 6.07) is 6.14. The summed E-state index contributed by atoms with van der Waals surface area (Å²) in [7, 11) is 0. The predicted molar refractivity (Wildman–Crippen MR) is 76.8 cm³/mol. The molecular formula is C15H21ClFNO. The van der Waals surface area contributed by atoms with Gasteiger partial charge >= 0.3 is 0 Å². The van der Waals surface area contributed by atoms with Gasteiger partial charge in [0.05, 0.1) is 6.42 Å². The normalized spacial score (nSPS) is 12.2. The Morgan fingerprint density at radius 1 is 1.42 bits per heavy atom. The third kappa shape index (κ3) is 6.58. The molecule has 0 aliphatic carbocycles. The Balaban J connectivity index is 2.38. The van der Waals surface area contributed by atoms with E-state index in [1.54, 1.807) is 12.1 Å². The van der Waals surface area contributed by atoms with Gasteiger partial charge in [-0.05, 0) is 36.5 Å². The molecule has 1 unspecified atom stereocenters. The van der Waals surface area contributed by atoms with Crippen molar-refractivity contribution in [1.82, 2.24) is 5.32 Å². The molecule has 0 aromatic heterocycles. The summed E-state index contributed by atoms with van der Waals surface area (Å²) in [6.45, 7) is 2.77. The number of halogens is 2. The smallest absolute Gasteiger partial charge is 0.224 e. The second kappa shape index (κ2) is 8.92. The molecule has 0 bridgehead atoms. The van der Waals surface area contributed by atoms with Crippen molar-refractivity contribution in [1.29, 1.82) is 0 Å². The van der Waals surface area contributed by atoms with E-state index in [9.17, 15) is 9.18 Å². The third-order valence-electron chi connectivity index (χ3n) is 3.06. The van der Waals surface area contributed by atoms with Gasteiger partial charge in [0.15, 0.2) is 0 Å². The minimum Gasteiger partial charge on any atom is -0.356 e. The number of rotatable bonds is 8. The van der Waals surface area contributed by atoms with Crippen LogP contribution in [0.5, 0.6) is 0 Å². The molecule has 4 heteroatoms. The maximum absolute atomic E-state index is 13.0. The molecule has 1 N–H and O–H groups in total. The molecule has 1 rings (SSSR count). The van der Waals surface area contributed by atoms with Crippen LogP contribution in [0.3, 0.4) is 0 Å². The number of nitrogens with one attached hydrogen (secondary N) is 1. The zero-order valence-electron chi connectivity index (χ0n) is 11.3. The summed E-state index contributed by atoms with van der Waals surface area (Å²) < 4.78 is 13.0. The van der Waals surface area contributed by atoms with Crippen molar-refractivity contribution in [3.05, 3.63) is 35.6 Å². The van der Waals surface area contributed by atoms with Gasteiger partial charge in [-0.1, -0.05) is 25.5 Å². The first kappa shape index (κ1) is 16.0. The van der Waals surface area contributed by atoms with Crippen molar-refractivity contribution < 1.29 is 9.18 Å². The average molecular weight is 286 g/mol. The molecular weight excluding hydrogens is 265 g/mol. The highest BCUT2D eigenvalue weighted by Crippen LogP contribution is 2.11. The molecule has 1 amide bonds. The lowest BCUT2D eigenvalue weighted by Gasteiger charge is -2.15. The molecule has 1 aromatic rings. The van der Waals surface area contributed by atoms with Gasteiger partial charge < -0.3 is 5.32 Å². The summed E-state index contributed by atoms with van der Waals surface area (Å²) in [5.74, 6) is 0.668. The monoisotopic (exact) mass is 285 g/mol. The van der Waals surface area contributed by atoms with Crippen molar-refractivity contribution in [2.45, 2.75) is 32.6 Å². The molecule has 106 valence electrons. The average Bonchev–Trinajstić information content (AvgIpc) is 2.36. The second-order valence-electron chi connectivity index (χ2n) is 4.74. The van der Waals surface area contributed by atoms with Gasteiger partial charge in [-0.3, -0.25) is 4.79 Å². The molecule has 0 saturated heterocycles. The zero-order valence-corrected chi connectivity index (χ0v) is 12.0. The van der Waals surface area contributed by atoms with Gasteiger partial charge in [0, 0.05) is 12.4 Å². The highest BCUT2D eigenvalue weighted by molar-refractivity contribution is 6.17. The van der Waals surface area contributed by atoms with Crippen LogP contribution in [0.1, 0.15) is 31.7 Å². The van der Waals surface area contributed by atoms with Crippen LogP contribution < -0.4 is 5.32 Å². The van der Waals surface area contributed by atoms with E-state index < -0.39 is 0 Å². The van der Waals surface area contributed by atoms with Crippen molar-refractivity contribution in [2.75, 3.05) is 12.4 Å². The van der Waals surface area contributed by atoms with E-state index in [0.717, 1.165) is 19.3 Å². The maximum atomic E-state index is 13.0. The van der Waals surface area contributed by atoms with Crippen LogP contribution in [0.15, 0.2) is 24.3 Å². The Kier molecular flexibility index (Phi) is 7.49. The molecule has 0 fully saturated rings. The number of hydrogen-bond acceptors (Lipinski definition) is 1. The first-order chi connectivity index (χ1) is 9.15. The minimum absolute atomic E-state index is 0.0683. The van der Waals surface area contributed by atoms with E-state index in [0.29, 0.717) is 23.9 Å². The Labute approximate surface area is 119 Å². The third-order valence-corrected chi connectivity index (χ3v) is 3.27. The minimum atomic E-state index is -0.309. The number of carbonyl (C=O) groups excluding carboxylic acids is 1. The Morgan fingerprint density at radius 2 is 2.21 bits per heavy atom. The number of alkyl halides is 1. The molecule has 1 aromatic carbocycles. The van der Waals surface area contributed by atoms with E-state index in [4.69, 9.17) is 11.6 Å². The van der Waals surface area contributed by atoms with Crippen molar-refractivity contribution in [3.63, 3.8) is 0 Å². The van der Waals surface area contributed by atoms with E-state index in [-0.39, 0.29) is 18.1 Å². The number of hydrogen-bond donors (Lipinski definition) is 1. The highest BCUT2D eigenvalue weighted by Gasteiger charge is 2.10. The zero-order chi connectivity index (χ0) is 14.1. The summed E-state index contributed by atoms with van der Waals surface area (Å²) >= 11 is 5.74. The molecule has 0 spiro atoms. The fraction of sp³-hybridized carbons (Fsp3) is 0.533. The summed E-state index contributed by atoms with van der Waals surface area (Å²) in [5.41, 5.74) is 0.696. The quantitative estimate of drug-likeness (QED) is 0.728. The van der Waals surface area contributed by atoms with E-state index in [1.807, 2.05) is 0 Å². The lowest BCUT2D eigenvalue weighted by molar-refractivity contribution is -0.120. The van der Waals surface area contributed by atoms with Crippen LogP contribution in [0, 0.1) is 11.7 Å².